The number of Topliss-reactive ketones (excluding diaryl/α,β-unsaturated/α-hetero) is 1. The van der Waals surface area contributed by atoms with E-state index < -0.39 is 12.7 Å². The van der Waals surface area contributed by atoms with E-state index in [-0.39, 0.29) is 11.7 Å². The minimum atomic E-state index is -4.18. The maximum Gasteiger partial charge on any atom is 0.400 e. The SMILES string of the molecule is NCC(F)(F)F.O=C1N=CC(=O)c2c1[nH]c1ccccc21. The van der Waals surface area contributed by atoms with Crippen LogP contribution in [0.2, 0.25) is 0 Å². The quantitative estimate of drug-likeness (QED) is 0.780. The first-order valence-electron chi connectivity index (χ1n) is 5.83. The summed E-state index contributed by atoms with van der Waals surface area (Å²) >= 11 is 0. The molecule has 0 radical (unpaired) electrons. The third kappa shape index (κ3) is 3.16. The van der Waals surface area contributed by atoms with Gasteiger partial charge in [-0.15, -0.1) is 0 Å². The number of fused-ring (bicyclic) bond motifs is 3. The number of halogens is 3. The molecule has 1 amide bonds. The number of alkyl halides is 3. The van der Waals surface area contributed by atoms with Gasteiger partial charge in [0, 0.05) is 10.9 Å². The molecule has 3 rings (SSSR count). The van der Waals surface area contributed by atoms with Crippen LogP contribution < -0.4 is 5.73 Å². The van der Waals surface area contributed by atoms with Crippen LogP contribution in [0, 0.1) is 0 Å². The van der Waals surface area contributed by atoms with Crippen molar-refractivity contribution < 1.29 is 22.8 Å². The number of nitrogens with two attached hydrogens (primary N) is 1. The second-order valence-corrected chi connectivity index (χ2v) is 4.17. The fourth-order valence-corrected chi connectivity index (χ4v) is 1.80. The maximum absolute atomic E-state index is 11.6. The molecule has 2 aromatic rings. The number of amides is 1. The third-order valence-electron chi connectivity index (χ3n) is 2.70. The Morgan fingerprint density at radius 3 is 2.43 bits per heavy atom. The van der Waals surface area contributed by atoms with Crippen molar-refractivity contribution in [1.82, 2.24) is 4.98 Å². The number of nitrogens with zero attached hydrogens (tertiary/aromatic N) is 1. The smallest absolute Gasteiger partial charge is 0.350 e. The van der Waals surface area contributed by atoms with E-state index in [0.717, 1.165) is 17.1 Å². The number of para-hydroxylation sites is 1. The molecule has 0 bridgehead atoms. The molecule has 0 atom stereocenters. The molecule has 8 heteroatoms. The van der Waals surface area contributed by atoms with Gasteiger partial charge in [0.1, 0.15) is 5.69 Å². The highest BCUT2D eigenvalue weighted by atomic mass is 19.4. The monoisotopic (exact) mass is 297 g/mol. The van der Waals surface area contributed by atoms with Gasteiger partial charge in [-0.25, -0.2) is 4.99 Å². The molecule has 110 valence electrons. The Bertz CT molecular complexity index is 732. The molecular weight excluding hydrogens is 287 g/mol. The number of aromatic amines is 1. The van der Waals surface area contributed by atoms with Gasteiger partial charge < -0.3 is 10.7 Å². The molecule has 0 aliphatic carbocycles. The van der Waals surface area contributed by atoms with E-state index in [1.54, 1.807) is 0 Å². The van der Waals surface area contributed by atoms with Crippen LogP contribution in [-0.4, -0.2) is 35.6 Å². The third-order valence-corrected chi connectivity index (χ3v) is 2.70. The van der Waals surface area contributed by atoms with Crippen molar-refractivity contribution in [1.29, 1.82) is 0 Å². The lowest BCUT2D eigenvalue weighted by Crippen LogP contribution is -2.21. The Hall–Kier alpha value is -2.48. The van der Waals surface area contributed by atoms with Gasteiger partial charge in [0.25, 0.3) is 5.91 Å². The van der Waals surface area contributed by atoms with Crippen molar-refractivity contribution in [2.75, 3.05) is 6.54 Å². The Morgan fingerprint density at radius 2 is 1.81 bits per heavy atom. The predicted molar refractivity (Wildman–Crippen MR) is 70.6 cm³/mol. The van der Waals surface area contributed by atoms with E-state index in [4.69, 9.17) is 0 Å². The molecule has 0 spiro atoms. The number of ketones is 1. The Balaban J connectivity index is 0.000000232. The zero-order valence-electron chi connectivity index (χ0n) is 10.6. The molecule has 0 fully saturated rings. The maximum atomic E-state index is 11.6. The molecule has 0 saturated heterocycles. The largest absolute Gasteiger partial charge is 0.400 e. The first-order chi connectivity index (χ1) is 9.83. The van der Waals surface area contributed by atoms with Gasteiger partial charge in [-0.05, 0) is 6.07 Å². The van der Waals surface area contributed by atoms with Gasteiger partial charge in [-0.2, -0.15) is 13.2 Å². The van der Waals surface area contributed by atoms with Gasteiger partial charge in [0.2, 0.25) is 5.78 Å². The highest BCUT2D eigenvalue weighted by Gasteiger charge is 2.25. The average Bonchev–Trinajstić information content (AvgIpc) is 2.83. The molecule has 1 aliphatic rings. The van der Waals surface area contributed by atoms with Gasteiger partial charge >= 0.3 is 6.18 Å². The molecule has 5 nitrogen and oxygen atoms in total. The standard InChI is InChI=1S/C11H6N2O2.C2H4F3N/c14-8-5-12-11(15)10-9(8)6-3-1-2-4-7(6)13-10;3-2(4,5)1-6/h1-5,13H;1,6H2. The number of aromatic nitrogens is 1. The van der Waals surface area contributed by atoms with E-state index in [2.05, 4.69) is 15.7 Å². The van der Waals surface area contributed by atoms with Crippen LogP contribution >= 0.6 is 0 Å². The highest BCUT2D eigenvalue weighted by molar-refractivity contribution is 6.44. The summed E-state index contributed by atoms with van der Waals surface area (Å²) in [5.41, 5.74) is 5.70. The number of rotatable bonds is 0. The Labute approximate surface area is 116 Å². The molecule has 21 heavy (non-hydrogen) atoms. The van der Waals surface area contributed by atoms with Crippen molar-refractivity contribution in [2.45, 2.75) is 6.18 Å². The summed E-state index contributed by atoms with van der Waals surface area (Å²) in [6.45, 7) is -1.23. The van der Waals surface area contributed by atoms with Gasteiger partial charge in [0.05, 0.1) is 18.3 Å². The van der Waals surface area contributed by atoms with E-state index in [0.29, 0.717) is 11.3 Å². The number of benzene rings is 1. The summed E-state index contributed by atoms with van der Waals surface area (Å²) in [5.74, 6) is -0.608. The van der Waals surface area contributed by atoms with E-state index in [1.165, 1.54) is 0 Å². The van der Waals surface area contributed by atoms with Crippen LogP contribution in [0.15, 0.2) is 29.3 Å². The van der Waals surface area contributed by atoms with Crippen LogP contribution in [0.25, 0.3) is 10.9 Å². The zero-order chi connectivity index (χ0) is 15.6. The summed E-state index contributed by atoms with van der Waals surface area (Å²) in [7, 11) is 0. The van der Waals surface area contributed by atoms with Crippen LogP contribution in [0.3, 0.4) is 0 Å². The van der Waals surface area contributed by atoms with Crippen LogP contribution in [0.4, 0.5) is 13.2 Å². The Kier molecular flexibility index (Phi) is 3.90. The van der Waals surface area contributed by atoms with Gasteiger partial charge in [-0.1, -0.05) is 18.2 Å². The number of aliphatic imine (C=N–C) groups is 1. The summed E-state index contributed by atoms with van der Waals surface area (Å²) < 4.78 is 32.0. The highest BCUT2D eigenvalue weighted by Crippen LogP contribution is 2.24. The van der Waals surface area contributed by atoms with E-state index in [1.807, 2.05) is 24.3 Å². The number of H-pyrrole nitrogens is 1. The topological polar surface area (TPSA) is 88.3 Å². The summed E-state index contributed by atoms with van der Waals surface area (Å²) in [4.78, 5) is 29.4. The minimum absolute atomic E-state index is 0.220. The van der Waals surface area contributed by atoms with Gasteiger partial charge in [-0.3, -0.25) is 9.59 Å². The fraction of sp³-hybridized carbons (Fsp3) is 0.154. The zero-order valence-corrected chi connectivity index (χ0v) is 10.6. The van der Waals surface area contributed by atoms with Crippen LogP contribution in [-0.2, 0) is 0 Å². The number of nitrogens with one attached hydrogen (secondary N) is 1. The average molecular weight is 297 g/mol. The predicted octanol–water partition coefficient (Wildman–Crippen LogP) is 2.08. The van der Waals surface area contributed by atoms with Crippen molar-refractivity contribution in [3.8, 4) is 0 Å². The van der Waals surface area contributed by atoms with E-state index in [9.17, 15) is 22.8 Å². The molecule has 3 N–H and O–H groups in total. The molecule has 1 aromatic heterocycles. The number of hydrogen-bond donors (Lipinski definition) is 2. The van der Waals surface area contributed by atoms with Crippen molar-refractivity contribution in [2.24, 2.45) is 10.7 Å². The Morgan fingerprint density at radius 1 is 1.19 bits per heavy atom. The van der Waals surface area contributed by atoms with Crippen LogP contribution in [0.1, 0.15) is 20.8 Å². The first-order valence-corrected chi connectivity index (χ1v) is 5.83. The second kappa shape index (κ2) is 5.49. The molecule has 1 aromatic carbocycles. The lowest BCUT2D eigenvalue weighted by Gasteiger charge is -2.01. The normalized spacial score (nSPS) is 13.9. The first kappa shape index (κ1) is 14.9. The van der Waals surface area contributed by atoms with Crippen molar-refractivity contribution in [3.63, 3.8) is 0 Å². The molecule has 2 heterocycles. The molecule has 0 saturated carbocycles. The summed E-state index contributed by atoms with van der Waals surface area (Å²) in [6.07, 6.45) is -3.11. The summed E-state index contributed by atoms with van der Waals surface area (Å²) in [5, 5.41) is 0.775. The minimum Gasteiger partial charge on any atom is -0.350 e. The molecular formula is C13H10F3N3O2. The van der Waals surface area contributed by atoms with E-state index >= 15 is 0 Å². The molecule has 0 unspecified atom stereocenters. The van der Waals surface area contributed by atoms with Crippen LogP contribution in [0.5, 0.6) is 0 Å². The van der Waals surface area contributed by atoms with Crippen molar-refractivity contribution in [3.05, 3.63) is 35.5 Å². The summed E-state index contributed by atoms with van der Waals surface area (Å²) in [6, 6.07) is 7.32. The second-order valence-electron chi connectivity index (χ2n) is 4.17. The fourth-order valence-electron chi connectivity index (χ4n) is 1.80. The number of hydrogen-bond acceptors (Lipinski definition) is 3. The molecule has 1 aliphatic heterocycles. The van der Waals surface area contributed by atoms with Crippen molar-refractivity contribution >= 4 is 28.8 Å². The van der Waals surface area contributed by atoms with Gasteiger partial charge in [0.15, 0.2) is 0 Å². The lowest BCUT2D eigenvalue weighted by molar-refractivity contribution is -0.118. The number of carbonyl (C=O) groups excluding carboxylic acids is 2. The number of carbonyl (C=O) groups is 2. The lowest BCUT2D eigenvalue weighted by atomic mass is 10.1.